The summed E-state index contributed by atoms with van der Waals surface area (Å²) >= 11 is 0. The normalized spacial score (nSPS) is 17.2. The van der Waals surface area contributed by atoms with Crippen molar-refractivity contribution in [1.29, 1.82) is 0 Å². The van der Waals surface area contributed by atoms with Crippen LogP contribution in [0.1, 0.15) is 54.2 Å². The van der Waals surface area contributed by atoms with Gasteiger partial charge in [0, 0.05) is 29.9 Å². The van der Waals surface area contributed by atoms with Gasteiger partial charge in [-0.05, 0) is 69.5 Å². The lowest BCUT2D eigenvalue weighted by Crippen LogP contribution is -2.56. The number of carbonyl (C=O) groups is 3. The van der Waals surface area contributed by atoms with Gasteiger partial charge in [0.15, 0.2) is 5.78 Å². The molecule has 39 heavy (non-hydrogen) atoms. The largest absolute Gasteiger partial charge is 0.478 e. The Morgan fingerprint density at radius 2 is 1.72 bits per heavy atom. The van der Waals surface area contributed by atoms with Gasteiger partial charge in [0.05, 0.1) is 5.54 Å². The third-order valence-corrected chi connectivity index (χ3v) is 6.48. The number of carboxylic acid groups (broad SMARTS) is 1. The lowest BCUT2D eigenvalue weighted by atomic mass is 9.87. The number of anilines is 1. The highest BCUT2D eigenvalue weighted by Crippen LogP contribution is 2.34. The first kappa shape index (κ1) is 27.7. The van der Waals surface area contributed by atoms with Gasteiger partial charge in [-0.1, -0.05) is 54.6 Å². The molecule has 0 unspecified atom stereocenters. The molecule has 2 N–H and O–H groups in total. The summed E-state index contributed by atoms with van der Waals surface area (Å²) in [5.41, 5.74) is 1.41. The van der Waals surface area contributed by atoms with Crippen molar-refractivity contribution in [3.8, 4) is 0 Å². The van der Waals surface area contributed by atoms with Gasteiger partial charge in [0.25, 0.3) is 0 Å². The number of benzene rings is 2. The van der Waals surface area contributed by atoms with Crippen molar-refractivity contribution in [3.05, 3.63) is 101 Å². The molecular formula is C31H33N3O5. The number of carboxylic acids is 1. The molecule has 0 bridgehead atoms. The monoisotopic (exact) mass is 527 g/mol. The summed E-state index contributed by atoms with van der Waals surface area (Å²) in [6.07, 6.45) is 4.69. The minimum Gasteiger partial charge on any atom is -0.478 e. The van der Waals surface area contributed by atoms with Gasteiger partial charge in [0.1, 0.15) is 11.4 Å². The third kappa shape index (κ3) is 6.97. The average Bonchev–Trinajstić information content (AvgIpc) is 3.36. The molecular weight excluding hydrogens is 494 g/mol. The topological polar surface area (TPSA) is 109 Å². The number of rotatable bonds is 8. The smallest absolute Gasteiger partial charge is 0.416 e. The Balaban J connectivity index is 1.66. The fraction of sp³-hybridized carbons (Fsp3) is 0.290. The Kier molecular flexibility index (Phi) is 8.26. The zero-order valence-electron chi connectivity index (χ0n) is 22.4. The highest BCUT2D eigenvalue weighted by atomic mass is 16.6. The second-order valence-corrected chi connectivity index (χ2v) is 10.7. The summed E-state index contributed by atoms with van der Waals surface area (Å²) in [4.78, 5) is 43.5. The Morgan fingerprint density at radius 1 is 1.03 bits per heavy atom. The van der Waals surface area contributed by atoms with E-state index in [1.807, 2.05) is 63.2 Å². The van der Waals surface area contributed by atoms with Gasteiger partial charge in [-0.25, -0.2) is 14.6 Å². The van der Waals surface area contributed by atoms with Crippen LogP contribution in [0.2, 0.25) is 0 Å². The number of nitrogens with zero attached hydrogens (tertiary/aromatic N) is 2. The van der Waals surface area contributed by atoms with Crippen molar-refractivity contribution >= 4 is 29.7 Å². The molecule has 0 radical (unpaired) electrons. The maximum absolute atomic E-state index is 13.6. The number of amides is 1. The molecule has 1 saturated heterocycles. The Hall–Kier alpha value is -4.30. The molecule has 4 rings (SSSR count). The summed E-state index contributed by atoms with van der Waals surface area (Å²) in [6, 6.07) is 20.1. The van der Waals surface area contributed by atoms with E-state index in [9.17, 15) is 14.4 Å². The first-order valence-electron chi connectivity index (χ1n) is 12.9. The first-order valence-corrected chi connectivity index (χ1v) is 12.9. The number of aliphatic carboxylic acids is 1. The number of ketones is 1. The van der Waals surface area contributed by atoms with Crippen LogP contribution < -0.4 is 10.2 Å². The molecule has 1 aliphatic rings. The number of hydrogen-bond acceptors (Lipinski definition) is 6. The van der Waals surface area contributed by atoms with Crippen LogP contribution >= 0.6 is 0 Å². The van der Waals surface area contributed by atoms with E-state index in [1.165, 1.54) is 12.3 Å². The van der Waals surface area contributed by atoms with E-state index in [-0.39, 0.29) is 5.78 Å². The van der Waals surface area contributed by atoms with Crippen LogP contribution in [0.25, 0.3) is 6.08 Å². The van der Waals surface area contributed by atoms with Crippen molar-refractivity contribution in [2.24, 2.45) is 0 Å². The van der Waals surface area contributed by atoms with Crippen molar-refractivity contribution in [2.75, 3.05) is 18.0 Å². The van der Waals surface area contributed by atoms with Gasteiger partial charge >= 0.3 is 12.1 Å². The van der Waals surface area contributed by atoms with Crippen LogP contribution in [-0.2, 0) is 16.0 Å². The summed E-state index contributed by atoms with van der Waals surface area (Å²) < 4.78 is 5.82. The molecule has 1 aliphatic heterocycles. The van der Waals surface area contributed by atoms with Crippen molar-refractivity contribution in [3.63, 3.8) is 0 Å². The predicted molar refractivity (Wildman–Crippen MR) is 150 cm³/mol. The minimum atomic E-state index is -1.05. The molecule has 3 aromatic rings. The number of hydrogen-bond donors (Lipinski definition) is 2. The van der Waals surface area contributed by atoms with Crippen LogP contribution in [0.3, 0.4) is 0 Å². The highest BCUT2D eigenvalue weighted by Gasteiger charge is 2.45. The molecule has 2 aromatic carbocycles. The van der Waals surface area contributed by atoms with E-state index in [1.54, 1.807) is 29.2 Å². The zero-order valence-corrected chi connectivity index (χ0v) is 22.4. The van der Waals surface area contributed by atoms with Gasteiger partial charge in [-0.3, -0.25) is 9.69 Å². The molecule has 8 nitrogen and oxygen atoms in total. The minimum absolute atomic E-state index is 0.0454. The highest BCUT2D eigenvalue weighted by molar-refractivity contribution is 6.08. The Morgan fingerprint density at radius 3 is 2.28 bits per heavy atom. The maximum Gasteiger partial charge on any atom is 0.416 e. The lowest BCUT2D eigenvalue weighted by Gasteiger charge is -2.40. The van der Waals surface area contributed by atoms with E-state index in [2.05, 4.69) is 10.3 Å². The molecule has 2 heterocycles. The van der Waals surface area contributed by atoms with Crippen molar-refractivity contribution < 1.29 is 24.2 Å². The molecule has 1 aromatic heterocycles. The molecule has 0 spiro atoms. The average molecular weight is 528 g/mol. The first-order chi connectivity index (χ1) is 18.6. The van der Waals surface area contributed by atoms with E-state index >= 15 is 0 Å². The van der Waals surface area contributed by atoms with Crippen LogP contribution in [0, 0.1) is 0 Å². The van der Waals surface area contributed by atoms with Crippen LogP contribution in [0.4, 0.5) is 10.6 Å². The number of aromatic nitrogens is 1. The van der Waals surface area contributed by atoms with E-state index in [4.69, 9.17) is 9.84 Å². The summed E-state index contributed by atoms with van der Waals surface area (Å²) in [6.45, 7) is 6.69. The number of ether oxygens (including phenoxy) is 1. The lowest BCUT2D eigenvalue weighted by molar-refractivity contribution is -0.131. The van der Waals surface area contributed by atoms with Crippen LogP contribution in [0.15, 0.2) is 79.0 Å². The fourth-order valence-electron chi connectivity index (χ4n) is 4.70. The number of carbonyl (C=O) groups excluding carboxylic acids is 2. The summed E-state index contributed by atoms with van der Waals surface area (Å²) in [5.74, 6) is -0.686. The van der Waals surface area contributed by atoms with Gasteiger partial charge < -0.3 is 15.2 Å². The van der Waals surface area contributed by atoms with Crippen LogP contribution in [0.5, 0.6) is 0 Å². The number of nitrogens with one attached hydrogen (secondary N) is 1. The molecule has 1 fully saturated rings. The second-order valence-electron chi connectivity index (χ2n) is 10.7. The van der Waals surface area contributed by atoms with Gasteiger partial charge in [-0.15, -0.1) is 0 Å². The SMILES string of the molecule is CC(C)(C)OC(=O)N(c1ccc(C=CC(=O)O)cn1)[C@]1(Cc2ccc(C(=O)c3ccccc3)cc2)CCNC1. The molecule has 0 saturated carbocycles. The molecule has 1 amide bonds. The fourth-order valence-corrected chi connectivity index (χ4v) is 4.70. The maximum atomic E-state index is 13.6. The van der Waals surface area contributed by atoms with Crippen molar-refractivity contribution in [1.82, 2.24) is 10.3 Å². The zero-order chi connectivity index (χ0) is 28.0. The predicted octanol–water partition coefficient (Wildman–Crippen LogP) is 5.13. The number of pyridine rings is 1. The molecule has 0 aliphatic carbocycles. The van der Waals surface area contributed by atoms with Crippen LogP contribution in [-0.4, -0.2) is 52.2 Å². The van der Waals surface area contributed by atoms with Gasteiger partial charge in [0.2, 0.25) is 0 Å². The van der Waals surface area contributed by atoms with Gasteiger partial charge in [-0.2, -0.15) is 0 Å². The Labute approximate surface area is 228 Å². The van der Waals surface area contributed by atoms with E-state index in [0.29, 0.717) is 48.4 Å². The summed E-state index contributed by atoms with van der Waals surface area (Å²) in [5, 5.41) is 12.3. The van der Waals surface area contributed by atoms with E-state index in [0.717, 1.165) is 11.6 Å². The second kappa shape index (κ2) is 11.6. The standard InChI is InChI=1S/C31H33N3O5/c1-30(2,3)39-29(38)34(26-15-11-23(20-33-26)12-16-27(35)36)31(17-18-32-21-31)19-22-9-13-25(14-10-22)28(37)24-7-5-4-6-8-24/h4-16,20,32H,17-19,21H2,1-3H3,(H,35,36)/t31-/m0/s1. The summed E-state index contributed by atoms with van der Waals surface area (Å²) in [7, 11) is 0. The molecule has 8 heteroatoms. The quantitative estimate of drug-likeness (QED) is 0.309. The van der Waals surface area contributed by atoms with E-state index < -0.39 is 23.2 Å². The molecule has 202 valence electrons. The molecule has 1 atom stereocenters. The third-order valence-electron chi connectivity index (χ3n) is 6.48. The Bertz CT molecular complexity index is 1340. The van der Waals surface area contributed by atoms with Crippen molar-refractivity contribution in [2.45, 2.75) is 44.8 Å².